The van der Waals surface area contributed by atoms with Crippen LogP contribution in [-0.2, 0) is 0 Å². The van der Waals surface area contributed by atoms with Gasteiger partial charge in [0.05, 0.1) is 5.60 Å². The zero-order valence-corrected chi connectivity index (χ0v) is 11.2. The summed E-state index contributed by atoms with van der Waals surface area (Å²) < 4.78 is 0. The minimum atomic E-state index is -0.509. The van der Waals surface area contributed by atoms with E-state index < -0.39 is 5.60 Å². The van der Waals surface area contributed by atoms with Crippen molar-refractivity contribution in [3.63, 3.8) is 0 Å². The third-order valence-electron chi connectivity index (χ3n) is 4.86. The SMILES string of the molecule is C[C@H]1CC[C@H](C(C)(C)O)CC2=C1CC[C@@H]2C. The fourth-order valence-electron chi connectivity index (χ4n) is 3.51. The Balaban J connectivity index is 2.23. The van der Waals surface area contributed by atoms with Crippen molar-refractivity contribution in [2.24, 2.45) is 17.8 Å². The zero-order valence-electron chi connectivity index (χ0n) is 11.2. The van der Waals surface area contributed by atoms with Crippen molar-refractivity contribution in [1.82, 2.24) is 0 Å². The van der Waals surface area contributed by atoms with Crippen LogP contribution in [0.1, 0.15) is 59.8 Å². The molecule has 2 aliphatic carbocycles. The normalized spacial score (nSPS) is 36.2. The highest BCUT2D eigenvalue weighted by molar-refractivity contribution is 5.26. The summed E-state index contributed by atoms with van der Waals surface area (Å²) in [5.41, 5.74) is 2.92. The molecule has 0 heterocycles. The number of aliphatic hydroxyl groups is 1. The molecule has 2 rings (SSSR count). The molecule has 2 aliphatic rings. The second-order valence-corrected chi connectivity index (χ2v) is 6.52. The monoisotopic (exact) mass is 222 g/mol. The Morgan fingerprint density at radius 3 is 2.25 bits per heavy atom. The highest BCUT2D eigenvalue weighted by Gasteiger charge is 2.35. The summed E-state index contributed by atoms with van der Waals surface area (Å²) in [4.78, 5) is 0. The molecular weight excluding hydrogens is 196 g/mol. The average Bonchev–Trinajstić information content (AvgIpc) is 2.42. The molecule has 0 aromatic rings. The van der Waals surface area contributed by atoms with Gasteiger partial charge in [-0.25, -0.2) is 0 Å². The summed E-state index contributed by atoms with van der Waals surface area (Å²) in [5, 5.41) is 10.2. The fraction of sp³-hybridized carbons (Fsp3) is 0.867. The van der Waals surface area contributed by atoms with Crippen LogP contribution in [0.2, 0.25) is 0 Å². The van der Waals surface area contributed by atoms with Gasteiger partial charge in [-0.05, 0) is 63.7 Å². The van der Waals surface area contributed by atoms with E-state index in [2.05, 4.69) is 13.8 Å². The van der Waals surface area contributed by atoms with Gasteiger partial charge in [-0.3, -0.25) is 0 Å². The first kappa shape index (κ1) is 12.2. The summed E-state index contributed by atoms with van der Waals surface area (Å²) in [6, 6.07) is 0. The highest BCUT2D eigenvalue weighted by atomic mass is 16.3. The van der Waals surface area contributed by atoms with Gasteiger partial charge in [-0.1, -0.05) is 25.0 Å². The molecule has 0 radical (unpaired) electrons. The Morgan fingerprint density at radius 2 is 1.62 bits per heavy atom. The molecule has 0 amide bonds. The largest absolute Gasteiger partial charge is 0.390 e. The van der Waals surface area contributed by atoms with E-state index in [4.69, 9.17) is 0 Å². The van der Waals surface area contributed by atoms with Gasteiger partial charge in [0, 0.05) is 0 Å². The van der Waals surface area contributed by atoms with E-state index in [1.54, 1.807) is 11.1 Å². The fourth-order valence-corrected chi connectivity index (χ4v) is 3.51. The molecule has 1 heteroatoms. The molecule has 0 bridgehead atoms. The van der Waals surface area contributed by atoms with Gasteiger partial charge in [0.25, 0.3) is 0 Å². The number of hydrogen-bond acceptors (Lipinski definition) is 1. The molecule has 0 spiro atoms. The van der Waals surface area contributed by atoms with E-state index in [-0.39, 0.29) is 0 Å². The molecule has 92 valence electrons. The number of allylic oxidation sites excluding steroid dienone is 2. The molecule has 0 unspecified atom stereocenters. The standard InChI is InChI=1S/C15H26O/c1-10-5-7-12(15(3,4)16)9-14-11(2)6-8-13(10)14/h10-12,16H,5-9H2,1-4H3/t10-,11-,12-/m0/s1. The third kappa shape index (κ3) is 2.20. The lowest BCUT2D eigenvalue weighted by Gasteiger charge is -2.30. The van der Waals surface area contributed by atoms with Crippen molar-refractivity contribution in [2.45, 2.75) is 65.4 Å². The first-order valence-corrected chi connectivity index (χ1v) is 6.83. The lowest BCUT2D eigenvalue weighted by atomic mass is 9.81. The van der Waals surface area contributed by atoms with Crippen LogP contribution in [0.25, 0.3) is 0 Å². The predicted molar refractivity (Wildman–Crippen MR) is 68.2 cm³/mol. The molecule has 0 fully saturated rings. The Bertz CT molecular complexity index is 295. The average molecular weight is 222 g/mol. The van der Waals surface area contributed by atoms with E-state index in [9.17, 15) is 5.11 Å². The van der Waals surface area contributed by atoms with Crippen LogP contribution >= 0.6 is 0 Å². The van der Waals surface area contributed by atoms with Gasteiger partial charge in [0.2, 0.25) is 0 Å². The first-order valence-electron chi connectivity index (χ1n) is 6.83. The Kier molecular flexibility index (Phi) is 3.18. The quantitative estimate of drug-likeness (QED) is 0.667. The van der Waals surface area contributed by atoms with Crippen LogP contribution in [0.15, 0.2) is 11.1 Å². The van der Waals surface area contributed by atoms with Crippen LogP contribution in [0.4, 0.5) is 0 Å². The van der Waals surface area contributed by atoms with E-state index in [0.717, 1.165) is 18.3 Å². The molecule has 1 N–H and O–H groups in total. The maximum absolute atomic E-state index is 10.2. The summed E-state index contributed by atoms with van der Waals surface area (Å²) in [7, 11) is 0. The van der Waals surface area contributed by atoms with E-state index in [1.807, 2.05) is 13.8 Å². The third-order valence-corrected chi connectivity index (χ3v) is 4.86. The van der Waals surface area contributed by atoms with Crippen LogP contribution in [0.3, 0.4) is 0 Å². The van der Waals surface area contributed by atoms with E-state index >= 15 is 0 Å². The highest BCUT2D eigenvalue weighted by Crippen LogP contribution is 2.45. The van der Waals surface area contributed by atoms with Gasteiger partial charge >= 0.3 is 0 Å². The summed E-state index contributed by atoms with van der Waals surface area (Å²) in [6.45, 7) is 8.70. The van der Waals surface area contributed by atoms with Crippen molar-refractivity contribution in [1.29, 1.82) is 0 Å². The van der Waals surface area contributed by atoms with Gasteiger partial charge < -0.3 is 5.11 Å². The molecule has 0 aliphatic heterocycles. The summed E-state index contributed by atoms with van der Waals surface area (Å²) >= 11 is 0. The second-order valence-electron chi connectivity index (χ2n) is 6.52. The molecule has 16 heavy (non-hydrogen) atoms. The van der Waals surface area contributed by atoms with Crippen molar-refractivity contribution in [3.05, 3.63) is 11.1 Å². The Hall–Kier alpha value is -0.300. The van der Waals surface area contributed by atoms with E-state index in [1.165, 1.54) is 25.7 Å². The van der Waals surface area contributed by atoms with Gasteiger partial charge in [0.15, 0.2) is 0 Å². The Morgan fingerprint density at radius 1 is 1.00 bits per heavy atom. The number of hydrogen-bond donors (Lipinski definition) is 1. The van der Waals surface area contributed by atoms with Crippen molar-refractivity contribution in [3.8, 4) is 0 Å². The lowest BCUT2D eigenvalue weighted by molar-refractivity contribution is 0.0119. The van der Waals surface area contributed by atoms with Crippen LogP contribution < -0.4 is 0 Å². The molecule has 3 atom stereocenters. The molecule has 1 nitrogen and oxygen atoms in total. The van der Waals surface area contributed by atoms with Crippen molar-refractivity contribution in [2.75, 3.05) is 0 Å². The van der Waals surface area contributed by atoms with Gasteiger partial charge in [-0.15, -0.1) is 0 Å². The molecule has 0 saturated heterocycles. The minimum absolute atomic E-state index is 0.461. The molecule has 0 aromatic carbocycles. The molecule has 0 aromatic heterocycles. The molecular formula is C15H26O. The maximum Gasteiger partial charge on any atom is 0.0622 e. The second kappa shape index (κ2) is 4.18. The van der Waals surface area contributed by atoms with Gasteiger partial charge in [-0.2, -0.15) is 0 Å². The number of rotatable bonds is 1. The summed E-state index contributed by atoms with van der Waals surface area (Å²) in [6.07, 6.45) is 6.25. The van der Waals surface area contributed by atoms with Crippen molar-refractivity contribution < 1.29 is 5.11 Å². The zero-order chi connectivity index (χ0) is 11.9. The molecule has 0 saturated carbocycles. The minimum Gasteiger partial charge on any atom is -0.390 e. The predicted octanol–water partition coefficient (Wildman–Crippen LogP) is 3.92. The smallest absolute Gasteiger partial charge is 0.0622 e. The lowest BCUT2D eigenvalue weighted by Crippen LogP contribution is -2.31. The summed E-state index contributed by atoms with van der Waals surface area (Å²) in [5.74, 6) is 1.98. The topological polar surface area (TPSA) is 20.2 Å². The maximum atomic E-state index is 10.2. The van der Waals surface area contributed by atoms with Gasteiger partial charge in [0.1, 0.15) is 0 Å². The first-order chi connectivity index (χ1) is 7.39. The van der Waals surface area contributed by atoms with Crippen molar-refractivity contribution >= 4 is 0 Å². The Labute approximate surface area is 99.9 Å². The van der Waals surface area contributed by atoms with E-state index in [0.29, 0.717) is 5.92 Å². The van der Waals surface area contributed by atoms with Crippen LogP contribution in [-0.4, -0.2) is 10.7 Å². The van der Waals surface area contributed by atoms with Crippen LogP contribution in [0.5, 0.6) is 0 Å². The van der Waals surface area contributed by atoms with Crippen LogP contribution in [0, 0.1) is 17.8 Å².